The summed E-state index contributed by atoms with van der Waals surface area (Å²) in [5, 5.41) is 11.0. The average molecular weight is 462 g/mol. The second-order valence-corrected chi connectivity index (χ2v) is 8.64. The molecular formula is C24H17Cl2N5O. The smallest absolute Gasteiger partial charge is 0.255 e. The topological polar surface area (TPSA) is 71.0 Å². The highest BCUT2D eigenvalue weighted by Crippen LogP contribution is 2.41. The lowest BCUT2D eigenvalue weighted by Gasteiger charge is -2.37. The zero-order valence-electron chi connectivity index (χ0n) is 16.6. The Morgan fingerprint density at radius 2 is 1.56 bits per heavy atom. The minimum atomic E-state index is -0.427. The summed E-state index contributed by atoms with van der Waals surface area (Å²) in [5.41, 5.74) is 4.10. The lowest BCUT2D eigenvalue weighted by atomic mass is 9.94. The maximum Gasteiger partial charge on any atom is 0.255 e. The van der Waals surface area contributed by atoms with E-state index in [0.717, 1.165) is 22.2 Å². The molecule has 4 aromatic rings. The first-order valence-corrected chi connectivity index (χ1v) is 10.9. The Morgan fingerprint density at radius 3 is 2.34 bits per heavy atom. The monoisotopic (exact) mass is 461 g/mol. The summed E-state index contributed by atoms with van der Waals surface area (Å²) in [6.07, 6.45) is -0.427. The van der Waals surface area contributed by atoms with Gasteiger partial charge in [-0.25, -0.2) is 4.98 Å². The standard InChI is InChI=1S/C24H17Cl2N5O/c25-15-7-3-5-13(11-15)20-19-22(30-24-27-17-9-1-2-10-18(17)31(20)24)28-21(29-23(19)32)14-6-4-8-16(26)12-14/h1-12,20-21,28H,(H,27,30)(H,29,32). The highest BCUT2D eigenvalue weighted by Gasteiger charge is 2.39. The van der Waals surface area contributed by atoms with Crippen LogP contribution >= 0.6 is 23.2 Å². The van der Waals surface area contributed by atoms with Gasteiger partial charge in [0.2, 0.25) is 5.95 Å². The van der Waals surface area contributed by atoms with Crippen LogP contribution in [0.5, 0.6) is 0 Å². The molecule has 2 atom stereocenters. The molecule has 8 heteroatoms. The molecule has 0 radical (unpaired) electrons. The zero-order chi connectivity index (χ0) is 21.8. The number of carbonyl (C=O) groups excluding carboxylic acids is 1. The number of aromatic nitrogens is 2. The SMILES string of the molecule is O=C1NC(c2cccc(Cl)c2)NC2=C1C(c1cccc(Cl)c1)n1c(nc3ccccc31)N2. The minimum Gasteiger partial charge on any atom is -0.347 e. The van der Waals surface area contributed by atoms with Crippen molar-refractivity contribution in [1.29, 1.82) is 0 Å². The molecule has 3 heterocycles. The van der Waals surface area contributed by atoms with Crippen LogP contribution in [0.4, 0.5) is 5.95 Å². The summed E-state index contributed by atoms with van der Waals surface area (Å²) in [7, 11) is 0. The molecule has 0 bridgehead atoms. The first-order valence-electron chi connectivity index (χ1n) is 10.1. The summed E-state index contributed by atoms with van der Waals surface area (Å²) >= 11 is 12.5. The average Bonchev–Trinajstić information content (AvgIpc) is 3.15. The number of hydrogen-bond acceptors (Lipinski definition) is 4. The molecule has 32 heavy (non-hydrogen) atoms. The highest BCUT2D eigenvalue weighted by atomic mass is 35.5. The summed E-state index contributed by atoms with van der Waals surface area (Å²) in [5.74, 6) is 1.10. The molecule has 0 saturated heterocycles. The van der Waals surface area contributed by atoms with Gasteiger partial charge in [0, 0.05) is 10.0 Å². The van der Waals surface area contributed by atoms with Gasteiger partial charge in [0.05, 0.1) is 22.6 Å². The Labute approximate surface area is 193 Å². The van der Waals surface area contributed by atoms with Crippen molar-refractivity contribution in [2.24, 2.45) is 0 Å². The first-order chi connectivity index (χ1) is 15.6. The van der Waals surface area contributed by atoms with Crippen molar-refractivity contribution in [3.63, 3.8) is 0 Å². The molecule has 2 aliphatic heterocycles. The molecule has 0 saturated carbocycles. The number of amides is 1. The number of imidazole rings is 1. The Morgan fingerprint density at radius 1 is 0.844 bits per heavy atom. The van der Waals surface area contributed by atoms with E-state index in [2.05, 4.69) is 16.0 Å². The summed E-state index contributed by atoms with van der Waals surface area (Å²) in [4.78, 5) is 18.3. The fourth-order valence-corrected chi connectivity index (χ4v) is 4.82. The van der Waals surface area contributed by atoms with Crippen LogP contribution < -0.4 is 16.0 Å². The molecular weight excluding hydrogens is 445 g/mol. The maximum atomic E-state index is 13.5. The minimum absolute atomic E-state index is 0.176. The fraction of sp³-hybridized carbons (Fsp3) is 0.0833. The van der Waals surface area contributed by atoms with Crippen molar-refractivity contribution in [3.05, 3.63) is 105 Å². The lowest BCUT2D eigenvalue weighted by Crippen LogP contribution is -2.49. The number of anilines is 1. The van der Waals surface area contributed by atoms with Gasteiger partial charge in [-0.3, -0.25) is 9.36 Å². The number of benzene rings is 3. The van der Waals surface area contributed by atoms with Crippen LogP contribution in [-0.2, 0) is 4.79 Å². The zero-order valence-corrected chi connectivity index (χ0v) is 18.2. The Hall–Kier alpha value is -3.48. The number of fused-ring (bicyclic) bond motifs is 3. The van der Waals surface area contributed by atoms with Gasteiger partial charge in [0.25, 0.3) is 5.91 Å². The van der Waals surface area contributed by atoms with E-state index < -0.39 is 12.2 Å². The van der Waals surface area contributed by atoms with E-state index >= 15 is 0 Å². The molecule has 2 unspecified atom stereocenters. The number of hydrogen-bond donors (Lipinski definition) is 3. The van der Waals surface area contributed by atoms with E-state index in [9.17, 15) is 4.79 Å². The molecule has 0 spiro atoms. The third kappa shape index (κ3) is 3.03. The Kier molecular flexibility index (Phi) is 4.38. The maximum absolute atomic E-state index is 13.5. The van der Waals surface area contributed by atoms with Crippen molar-refractivity contribution in [2.45, 2.75) is 12.2 Å². The summed E-state index contributed by atoms with van der Waals surface area (Å²) in [6, 6.07) is 22.4. The largest absolute Gasteiger partial charge is 0.347 e. The molecule has 6 nitrogen and oxygen atoms in total. The quantitative estimate of drug-likeness (QED) is 0.393. The second-order valence-electron chi connectivity index (χ2n) is 7.77. The van der Waals surface area contributed by atoms with Crippen LogP contribution in [-0.4, -0.2) is 15.5 Å². The molecule has 6 rings (SSSR count). The van der Waals surface area contributed by atoms with Crippen LogP contribution in [0.25, 0.3) is 11.0 Å². The predicted octanol–water partition coefficient (Wildman–Crippen LogP) is 4.99. The molecule has 3 N–H and O–H groups in total. The van der Waals surface area contributed by atoms with Gasteiger partial charge in [0.1, 0.15) is 12.0 Å². The Bertz CT molecular complexity index is 1430. The van der Waals surface area contributed by atoms with Gasteiger partial charge in [-0.15, -0.1) is 0 Å². The van der Waals surface area contributed by atoms with Gasteiger partial charge in [-0.05, 0) is 47.5 Å². The van der Waals surface area contributed by atoms with Crippen molar-refractivity contribution in [2.75, 3.05) is 5.32 Å². The van der Waals surface area contributed by atoms with Gasteiger partial charge in [-0.2, -0.15) is 0 Å². The van der Waals surface area contributed by atoms with Gasteiger partial charge >= 0.3 is 0 Å². The number of halogens is 2. The number of nitrogens with one attached hydrogen (secondary N) is 3. The third-order valence-electron chi connectivity index (χ3n) is 5.79. The number of para-hydroxylation sites is 2. The van der Waals surface area contributed by atoms with Crippen LogP contribution in [0.1, 0.15) is 23.3 Å². The van der Waals surface area contributed by atoms with Gasteiger partial charge in [-0.1, -0.05) is 59.6 Å². The van der Waals surface area contributed by atoms with Crippen LogP contribution in [0.15, 0.2) is 84.2 Å². The van der Waals surface area contributed by atoms with Crippen LogP contribution in [0.3, 0.4) is 0 Å². The molecule has 0 fully saturated rings. The molecule has 2 aliphatic rings. The number of rotatable bonds is 2. The number of carbonyl (C=O) groups is 1. The predicted molar refractivity (Wildman–Crippen MR) is 125 cm³/mol. The fourth-order valence-electron chi connectivity index (χ4n) is 4.43. The van der Waals surface area contributed by atoms with E-state index in [1.807, 2.05) is 71.3 Å². The normalized spacial score (nSPS) is 19.6. The summed E-state index contributed by atoms with van der Waals surface area (Å²) < 4.78 is 2.04. The van der Waals surface area contributed by atoms with E-state index in [1.54, 1.807) is 6.07 Å². The van der Waals surface area contributed by atoms with Crippen molar-refractivity contribution >= 4 is 46.1 Å². The molecule has 3 aromatic carbocycles. The van der Waals surface area contributed by atoms with Crippen molar-refractivity contribution < 1.29 is 4.79 Å². The van der Waals surface area contributed by atoms with Gasteiger partial charge < -0.3 is 16.0 Å². The van der Waals surface area contributed by atoms with Crippen molar-refractivity contribution in [3.8, 4) is 0 Å². The van der Waals surface area contributed by atoms with Gasteiger partial charge in [0.15, 0.2) is 0 Å². The molecule has 0 aliphatic carbocycles. The van der Waals surface area contributed by atoms with Crippen LogP contribution in [0.2, 0.25) is 10.0 Å². The molecule has 158 valence electrons. The van der Waals surface area contributed by atoms with E-state index in [0.29, 0.717) is 27.4 Å². The van der Waals surface area contributed by atoms with E-state index in [4.69, 9.17) is 28.2 Å². The highest BCUT2D eigenvalue weighted by molar-refractivity contribution is 6.31. The lowest BCUT2D eigenvalue weighted by molar-refractivity contribution is -0.119. The summed E-state index contributed by atoms with van der Waals surface area (Å²) in [6.45, 7) is 0. The second kappa shape index (κ2) is 7.29. The van der Waals surface area contributed by atoms with E-state index in [-0.39, 0.29) is 5.91 Å². The molecule has 1 aromatic heterocycles. The van der Waals surface area contributed by atoms with Crippen LogP contribution in [0, 0.1) is 0 Å². The number of nitrogens with zero attached hydrogens (tertiary/aromatic N) is 2. The third-order valence-corrected chi connectivity index (χ3v) is 6.26. The Balaban J connectivity index is 1.53. The van der Waals surface area contributed by atoms with E-state index in [1.165, 1.54) is 0 Å². The van der Waals surface area contributed by atoms with Crippen molar-refractivity contribution in [1.82, 2.24) is 20.2 Å². The molecule has 1 amide bonds. The first kappa shape index (κ1) is 19.2.